The lowest BCUT2D eigenvalue weighted by Gasteiger charge is -2.08. The van der Waals surface area contributed by atoms with Gasteiger partial charge in [-0.05, 0) is 68.4 Å². The van der Waals surface area contributed by atoms with E-state index >= 15 is 0 Å². The van der Waals surface area contributed by atoms with Crippen LogP contribution in [0.2, 0.25) is 5.02 Å². The second-order valence-electron chi connectivity index (χ2n) is 5.52. The number of carbonyl (C=O) groups excluding carboxylic acids is 1. The van der Waals surface area contributed by atoms with Crippen molar-refractivity contribution in [3.8, 4) is 5.75 Å². The number of carbonyl (C=O) groups is 1. The molecule has 0 amide bonds. The van der Waals surface area contributed by atoms with E-state index in [1.807, 2.05) is 19.9 Å². The van der Waals surface area contributed by atoms with Gasteiger partial charge in [-0.25, -0.2) is 14.8 Å². The fraction of sp³-hybridized carbons (Fsp3) is 0.105. The van der Waals surface area contributed by atoms with Crippen molar-refractivity contribution < 1.29 is 9.53 Å². The number of nitrogens with zero attached hydrogens (tertiary/aromatic N) is 2. The molecule has 1 aromatic heterocycles. The van der Waals surface area contributed by atoms with Crippen molar-refractivity contribution in [1.82, 2.24) is 9.97 Å². The number of aryl methyl sites for hydroxylation is 2. The molecule has 1 N–H and O–H groups in total. The van der Waals surface area contributed by atoms with Crippen LogP contribution in [0.4, 0.5) is 11.6 Å². The number of halogens is 1. The normalized spacial score (nSPS) is 10.4. The fourth-order valence-electron chi connectivity index (χ4n) is 2.27. The molecule has 0 radical (unpaired) electrons. The molecule has 0 unspecified atom stereocenters. The first kappa shape index (κ1) is 16.9. The summed E-state index contributed by atoms with van der Waals surface area (Å²) in [4.78, 5) is 20.7. The van der Waals surface area contributed by atoms with Gasteiger partial charge in [0, 0.05) is 22.1 Å². The molecular weight excluding hydrogens is 338 g/mol. The highest BCUT2D eigenvalue weighted by atomic mass is 35.5. The molecule has 0 fully saturated rings. The van der Waals surface area contributed by atoms with E-state index in [4.69, 9.17) is 16.3 Å². The standard InChI is InChI=1S/C19H16ClN3O2/c1-12-11-13(2)22-19(21-12)23-16-7-9-17(10-8-16)25-18(24)14-3-5-15(20)6-4-14/h3-11H,1-2H3,(H,21,22,23). The minimum atomic E-state index is -0.435. The van der Waals surface area contributed by atoms with Gasteiger partial charge in [-0.15, -0.1) is 0 Å². The first-order valence-corrected chi connectivity index (χ1v) is 8.04. The van der Waals surface area contributed by atoms with Crippen LogP contribution >= 0.6 is 11.6 Å². The van der Waals surface area contributed by atoms with Crippen molar-refractivity contribution in [1.29, 1.82) is 0 Å². The molecule has 3 rings (SSSR count). The molecule has 2 aromatic carbocycles. The molecule has 0 bridgehead atoms. The lowest BCUT2D eigenvalue weighted by Crippen LogP contribution is -2.08. The first-order valence-electron chi connectivity index (χ1n) is 7.67. The maximum atomic E-state index is 12.1. The topological polar surface area (TPSA) is 64.1 Å². The molecule has 0 atom stereocenters. The van der Waals surface area contributed by atoms with Crippen LogP contribution in [0.1, 0.15) is 21.7 Å². The average molecular weight is 354 g/mol. The average Bonchev–Trinajstić information content (AvgIpc) is 2.56. The molecular formula is C19H16ClN3O2. The van der Waals surface area contributed by atoms with E-state index in [9.17, 15) is 4.79 Å². The van der Waals surface area contributed by atoms with Gasteiger partial charge >= 0.3 is 5.97 Å². The molecule has 0 saturated carbocycles. The zero-order valence-electron chi connectivity index (χ0n) is 13.8. The fourth-order valence-corrected chi connectivity index (χ4v) is 2.40. The van der Waals surface area contributed by atoms with Crippen LogP contribution in [-0.2, 0) is 0 Å². The number of hydrogen-bond donors (Lipinski definition) is 1. The van der Waals surface area contributed by atoms with Gasteiger partial charge in [-0.2, -0.15) is 0 Å². The number of benzene rings is 2. The number of nitrogens with one attached hydrogen (secondary N) is 1. The van der Waals surface area contributed by atoms with Crippen molar-refractivity contribution in [2.24, 2.45) is 0 Å². The Morgan fingerprint density at radius 1 is 0.960 bits per heavy atom. The zero-order chi connectivity index (χ0) is 17.8. The molecule has 0 saturated heterocycles. The Morgan fingerprint density at radius 3 is 2.16 bits per heavy atom. The number of aromatic nitrogens is 2. The molecule has 6 heteroatoms. The number of anilines is 2. The van der Waals surface area contributed by atoms with Crippen molar-refractivity contribution in [2.75, 3.05) is 5.32 Å². The van der Waals surface area contributed by atoms with Gasteiger partial charge in [0.25, 0.3) is 0 Å². The number of rotatable bonds is 4. The molecule has 1 heterocycles. The molecule has 0 aliphatic rings. The molecule has 0 spiro atoms. The summed E-state index contributed by atoms with van der Waals surface area (Å²) in [7, 11) is 0. The van der Waals surface area contributed by atoms with E-state index < -0.39 is 5.97 Å². The summed E-state index contributed by atoms with van der Waals surface area (Å²) in [6.45, 7) is 3.83. The van der Waals surface area contributed by atoms with Gasteiger partial charge in [0.2, 0.25) is 5.95 Å². The third-order valence-electron chi connectivity index (χ3n) is 3.38. The lowest BCUT2D eigenvalue weighted by atomic mass is 10.2. The highest BCUT2D eigenvalue weighted by molar-refractivity contribution is 6.30. The van der Waals surface area contributed by atoms with E-state index in [1.165, 1.54) is 0 Å². The van der Waals surface area contributed by atoms with Crippen LogP contribution in [0.3, 0.4) is 0 Å². The SMILES string of the molecule is Cc1cc(C)nc(Nc2ccc(OC(=O)c3ccc(Cl)cc3)cc2)n1. The molecule has 0 aliphatic carbocycles. The third-order valence-corrected chi connectivity index (χ3v) is 3.64. The van der Waals surface area contributed by atoms with Crippen LogP contribution < -0.4 is 10.1 Å². The minimum Gasteiger partial charge on any atom is -0.423 e. The van der Waals surface area contributed by atoms with E-state index in [1.54, 1.807) is 48.5 Å². The molecule has 5 nitrogen and oxygen atoms in total. The maximum Gasteiger partial charge on any atom is 0.343 e. The molecule has 3 aromatic rings. The predicted molar refractivity (Wildman–Crippen MR) is 97.6 cm³/mol. The molecule has 0 aliphatic heterocycles. The highest BCUT2D eigenvalue weighted by Crippen LogP contribution is 2.20. The molecule has 126 valence electrons. The van der Waals surface area contributed by atoms with E-state index in [-0.39, 0.29) is 0 Å². The van der Waals surface area contributed by atoms with Crippen LogP contribution in [0.15, 0.2) is 54.6 Å². The zero-order valence-corrected chi connectivity index (χ0v) is 14.5. The Bertz CT molecular complexity index is 873. The van der Waals surface area contributed by atoms with Gasteiger partial charge < -0.3 is 10.1 Å². The van der Waals surface area contributed by atoms with Crippen LogP contribution in [0.5, 0.6) is 5.75 Å². The van der Waals surface area contributed by atoms with Crippen molar-refractivity contribution in [2.45, 2.75) is 13.8 Å². The Balaban J connectivity index is 1.67. The number of ether oxygens (including phenoxy) is 1. The number of esters is 1. The van der Waals surface area contributed by atoms with Crippen molar-refractivity contribution in [3.05, 3.63) is 76.6 Å². The summed E-state index contributed by atoms with van der Waals surface area (Å²) in [5.41, 5.74) is 3.03. The van der Waals surface area contributed by atoms with Gasteiger partial charge in [0.15, 0.2) is 0 Å². The lowest BCUT2D eigenvalue weighted by molar-refractivity contribution is 0.0735. The van der Waals surface area contributed by atoms with Crippen LogP contribution in [-0.4, -0.2) is 15.9 Å². The largest absolute Gasteiger partial charge is 0.423 e. The van der Waals surface area contributed by atoms with Gasteiger partial charge in [0.05, 0.1) is 5.56 Å². The summed E-state index contributed by atoms with van der Waals surface area (Å²) in [5.74, 6) is 0.547. The van der Waals surface area contributed by atoms with Gasteiger partial charge in [-0.1, -0.05) is 11.6 Å². The second kappa shape index (κ2) is 7.32. The number of hydrogen-bond acceptors (Lipinski definition) is 5. The maximum absolute atomic E-state index is 12.1. The Labute approximate surface area is 150 Å². The van der Waals surface area contributed by atoms with E-state index in [2.05, 4.69) is 15.3 Å². The van der Waals surface area contributed by atoms with Crippen molar-refractivity contribution >= 4 is 29.2 Å². The quantitative estimate of drug-likeness (QED) is 0.543. The van der Waals surface area contributed by atoms with E-state index in [0.29, 0.717) is 22.3 Å². The summed E-state index contributed by atoms with van der Waals surface area (Å²) < 4.78 is 5.34. The summed E-state index contributed by atoms with van der Waals surface area (Å²) in [5, 5.41) is 3.70. The monoisotopic (exact) mass is 353 g/mol. The third kappa shape index (κ3) is 4.55. The summed E-state index contributed by atoms with van der Waals surface area (Å²) in [6, 6.07) is 15.5. The minimum absolute atomic E-state index is 0.435. The summed E-state index contributed by atoms with van der Waals surface area (Å²) >= 11 is 5.81. The Morgan fingerprint density at radius 2 is 1.56 bits per heavy atom. The van der Waals surface area contributed by atoms with Crippen molar-refractivity contribution in [3.63, 3.8) is 0 Å². The Hall–Kier alpha value is -2.92. The van der Waals surface area contributed by atoms with Gasteiger partial charge in [-0.3, -0.25) is 0 Å². The predicted octanol–water partition coefficient (Wildman–Crippen LogP) is 4.71. The van der Waals surface area contributed by atoms with Crippen LogP contribution in [0, 0.1) is 13.8 Å². The van der Waals surface area contributed by atoms with E-state index in [0.717, 1.165) is 17.1 Å². The van der Waals surface area contributed by atoms with Crippen LogP contribution in [0.25, 0.3) is 0 Å². The van der Waals surface area contributed by atoms with Gasteiger partial charge in [0.1, 0.15) is 5.75 Å². The second-order valence-corrected chi connectivity index (χ2v) is 5.96. The Kier molecular flexibility index (Phi) is 4.95. The first-order chi connectivity index (χ1) is 12.0. The molecule has 25 heavy (non-hydrogen) atoms. The highest BCUT2D eigenvalue weighted by Gasteiger charge is 2.08. The smallest absolute Gasteiger partial charge is 0.343 e. The summed E-state index contributed by atoms with van der Waals surface area (Å²) in [6.07, 6.45) is 0.